The number of anilines is 1. The van der Waals surface area contributed by atoms with Crippen LogP contribution in [0.1, 0.15) is 33.6 Å². The van der Waals surface area contributed by atoms with E-state index in [0.29, 0.717) is 12.0 Å². The van der Waals surface area contributed by atoms with E-state index in [-0.39, 0.29) is 5.75 Å². The highest BCUT2D eigenvalue weighted by molar-refractivity contribution is 5.48. The maximum absolute atomic E-state index is 12.1. The zero-order chi connectivity index (χ0) is 13.5. The van der Waals surface area contributed by atoms with E-state index in [1.165, 1.54) is 6.07 Å². The second-order valence-corrected chi connectivity index (χ2v) is 4.92. The molecule has 18 heavy (non-hydrogen) atoms. The van der Waals surface area contributed by atoms with Crippen molar-refractivity contribution in [1.82, 2.24) is 0 Å². The fraction of sp³-hybridized carbons (Fsp3) is 0.571. The van der Waals surface area contributed by atoms with Gasteiger partial charge in [-0.15, -0.1) is 0 Å². The number of benzene rings is 1. The second-order valence-electron chi connectivity index (χ2n) is 4.92. The quantitative estimate of drug-likeness (QED) is 0.775. The maximum atomic E-state index is 12.1. The van der Waals surface area contributed by atoms with Gasteiger partial charge in [0.1, 0.15) is 5.75 Å². The molecule has 0 aliphatic heterocycles. The van der Waals surface area contributed by atoms with Crippen LogP contribution in [0.15, 0.2) is 24.3 Å². The number of alkyl halides is 2. The lowest BCUT2D eigenvalue weighted by atomic mass is 10.0. The molecule has 0 spiro atoms. The summed E-state index contributed by atoms with van der Waals surface area (Å²) in [6.45, 7) is 3.68. The summed E-state index contributed by atoms with van der Waals surface area (Å²) in [4.78, 5) is 0. The van der Waals surface area contributed by atoms with E-state index < -0.39 is 6.61 Å². The summed E-state index contributed by atoms with van der Waals surface area (Å²) in [5.74, 6) is 0.855. The summed E-state index contributed by atoms with van der Waals surface area (Å²) < 4.78 is 28.5. The molecule has 0 amide bonds. The Morgan fingerprint density at radius 2 is 1.89 bits per heavy atom. The molecule has 0 aliphatic carbocycles. The van der Waals surface area contributed by atoms with Crippen molar-refractivity contribution in [1.29, 1.82) is 0 Å². The molecule has 0 aromatic heterocycles. The third kappa shape index (κ3) is 5.84. The first-order chi connectivity index (χ1) is 8.47. The molecule has 0 bridgehead atoms. The van der Waals surface area contributed by atoms with Crippen LogP contribution in [0.3, 0.4) is 0 Å². The Morgan fingerprint density at radius 1 is 1.17 bits per heavy atom. The molecule has 0 saturated carbocycles. The summed E-state index contributed by atoms with van der Waals surface area (Å²) >= 11 is 0. The molecule has 1 atom stereocenters. The standard InChI is InChI=1S/C14H21F2NO/c1-10(2)7-8-11(3)17-12-5-4-6-13(9-12)18-14(15)16/h4-6,9-11,14,17H,7-8H2,1-3H3. The fourth-order valence-corrected chi connectivity index (χ4v) is 1.70. The van der Waals surface area contributed by atoms with Crippen molar-refractivity contribution in [3.63, 3.8) is 0 Å². The van der Waals surface area contributed by atoms with Gasteiger partial charge in [-0.2, -0.15) is 8.78 Å². The van der Waals surface area contributed by atoms with Gasteiger partial charge in [0.05, 0.1) is 0 Å². The number of hydrogen-bond donors (Lipinski definition) is 1. The lowest BCUT2D eigenvalue weighted by Gasteiger charge is -2.17. The number of hydrogen-bond acceptors (Lipinski definition) is 2. The third-order valence-corrected chi connectivity index (χ3v) is 2.65. The van der Waals surface area contributed by atoms with Crippen molar-refractivity contribution in [3.8, 4) is 5.75 Å². The molecule has 102 valence electrons. The van der Waals surface area contributed by atoms with E-state index in [9.17, 15) is 8.78 Å². The van der Waals surface area contributed by atoms with Gasteiger partial charge in [-0.3, -0.25) is 0 Å². The highest BCUT2D eigenvalue weighted by Crippen LogP contribution is 2.20. The molecule has 1 unspecified atom stereocenters. The Kier molecular flexibility index (Phi) is 5.89. The van der Waals surface area contributed by atoms with E-state index in [1.54, 1.807) is 12.1 Å². The summed E-state index contributed by atoms with van der Waals surface area (Å²) in [5.41, 5.74) is 0.810. The predicted octanol–water partition coefficient (Wildman–Crippen LogP) is 4.52. The fourth-order valence-electron chi connectivity index (χ4n) is 1.70. The predicted molar refractivity (Wildman–Crippen MR) is 70.2 cm³/mol. The minimum absolute atomic E-state index is 0.186. The van der Waals surface area contributed by atoms with E-state index in [1.807, 2.05) is 6.07 Å². The molecular weight excluding hydrogens is 236 g/mol. The monoisotopic (exact) mass is 257 g/mol. The molecule has 1 aromatic carbocycles. The number of halogens is 2. The normalized spacial score (nSPS) is 12.8. The molecule has 4 heteroatoms. The molecule has 0 aliphatic rings. The highest BCUT2D eigenvalue weighted by Gasteiger charge is 2.07. The van der Waals surface area contributed by atoms with Gasteiger partial charge in [-0.05, 0) is 37.8 Å². The highest BCUT2D eigenvalue weighted by atomic mass is 19.3. The van der Waals surface area contributed by atoms with Crippen LogP contribution in [-0.4, -0.2) is 12.7 Å². The second kappa shape index (κ2) is 7.19. The first-order valence-electron chi connectivity index (χ1n) is 6.28. The topological polar surface area (TPSA) is 21.3 Å². The van der Waals surface area contributed by atoms with Gasteiger partial charge in [0.25, 0.3) is 0 Å². The van der Waals surface area contributed by atoms with Crippen molar-refractivity contribution in [2.75, 3.05) is 5.32 Å². The van der Waals surface area contributed by atoms with Crippen molar-refractivity contribution in [3.05, 3.63) is 24.3 Å². The SMILES string of the molecule is CC(C)CCC(C)Nc1cccc(OC(F)F)c1. The third-order valence-electron chi connectivity index (χ3n) is 2.65. The van der Waals surface area contributed by atoms with Crippen LogP contribution < -0.4 is 10.1 Å². The molecule has 0 radical (unpaired) electrons. The van der Waals surface area contributed by atoms with Crippen LogP contribution in [0.25, 0.3) is 0 Å². The van der Waals surface area contributed by atoms with Crippen LogP contribution in [0.2, 0.25) is 0 Å². The summed E-state index contributed by atoms with van der Waals surface area (Å²) in [6.07, 6.45) is 2.19. The lowest BCUT2D eigenvalue weighted by molar-refractivity contribution is -0.0498. The van der Waals surface area contributed by atoms with Crippen molar-refractivity contribution in [2.24, 2.45) is 5.92 Å². The zero-order valence-corrected chi connectivity index (χ0v) is 11.1. The minimum Gasteiger partial charge on any atom is -0.435 e. The van der Waals surface area contributed by atoms with Crippen molar-refractivity contribution >= 4 is 5.69 Å². The van der Waals surface area contributed by atoms with Crippen molar-refractivity contribution < 1.29 is 13.5 Å². The molecule has 1 N–H and O–H groups in total. The van der Waals surface area contributed by atoms with Gasteiger partial charge in [-0.25, -0.2) is 0 Å². The van der Waals surface area contributed by atoms with Crippen LogP contribution in [0.4, 0.5) is 14.5 Å². The van der Waals surface area contributed by atoms with Gasteiger partial charge in [0, 0.05) is 17.8 Å². The van der Waals surface area contributed by atoms with Crippen molar-refractivity contribution in [2.45, 2.75) is 46.3 Å². The number of nitrogens with one attached hydrogen (secondary N) is 1. The van der Waals surface area contributed by atoms with Crippen LogP contribution in [-0.2, 0) is 0 Å². The van der Waals surface area contributed by atoms with Gasteiger partial charge < -0.3 is 10.1 Å². The van der Waals surface area contributed by atoms with E-state index in [4.69, 9.17) is 0 Å². The minimum atomic E-state index is -2.78. The Morgan fingerprint density at radius 3 is 2.50 bits per heavy atom. The maximum Gasteiger partial charge on any atom is 0.387 e. The molecule has 1 aromatic rings. The molecule has 1 rings (SSSR count). The first-order valence-corrected chi connectivity index (χ1v) is 6.28. The lowest BCUT2D eigenvalue weighted by Crippen LogP contribution is -2.15. The van der Waals surface area contributed by atoms with Crippen LogP contribution in [0, 0.1) is 5.92 Å². The van der Waals surface area contributed by atoms with Crippen LogP contribution in [0.5, 0.6) is 5.75 Å². The summed E-state index contributed by atoms with van der Waals surface area (Å²) in [5, 5.41) is 3.29. The average Bonchev–Trinajstić information content (AvgIpc) is 2.26. The molecule has 0 heterocycles. The Balaban J connectivity index is 2.50. The molecule has 2 nitrogen and oxygen atoms in total. The molecule has 0 fully saturated rings. The summed E-state index contributed by atoms with van der Waals surface area (Å²) in [6, 6.07) is 6.99. The first kappa shape index (κ1) is 14.7. The largest absolute Gasteiger partial charge is 0.435 e. The zero-order valence-electron chi connectivity index (χ0n) is 11.1. The average molecular weight is 257 g/mol. The van der Waals surface area contributed by atoms with Gasteiger partial charge in [-0.1, -0.05) is 19.9 Å². The van der Waals surface area contributed by atoms with Gasteiger partial charge in [0.15, 0.2) is 0 Å². The molecular formula is C14H21F2NO. The summed E-state index contributed by atoms with van der Waals surface area (Å²) in [7, 11) is 0. The Labute approximate surface area is 107 Å². The Bertz CT molecular complexity index is 355. The van der Waals surface area contributed by atoms with E-state index in [0.717, 1.165) is 18.5 Å². The number of rotatable bonds is 7. The molecule has 0 saturated heterocycles. The van der Waals surface area contributed by atoms with Gasteiger partial charge >= 0.3 is 6.61 Å². The Hall–Kier alpha value is -1.32. The van der Waals surface area contributed by atoms with E-state index >= 15 is 0 Å². The van der Waals surface area contributed by atoms with Crippen LogP contribution >= 0.6 is 0 Å². The van der Waals surface area contributed by atoms with E-state index in [2.05, 4.69) is 30.8 Å². The van der Waals surface area contributed by atoms with Gasteiger partial charge in [0.2, 0.25) is 0 Å². The smallest absolute Gasteiger partial charge is 0.387 e. The number of ether oxygens (including phenoxy) is 1.